The monoisotopic (exact) mass is 465 g/mol. The van der Waals surface area contributed by atoms with Crippen molar-refractivity contribution in [3.8, 4) is 23.0 Å². The van der Waals surface area contributed by atoms with Gasteiger partial charge in [0.2, 0.25) is 5.91 Å². The molecule has 0 aromatic heterocycles. The molecule has 0 aliphatic heterocycles. The molecule has 2 rings (SSSR count). The molecule has 2 aromatic rings. The SMILES string of the molecule is CCOc1cc(Br)c(CC(=O)NC(C)c2ccc(OC)cc2OC)cc1OCC. The fraction of sp³-hybridized carbons (Fsp3) is 0.409. The van der Waals surface area contributed by atoms with E-state index >= 15 is 0 Å². The Bertz CT molecular complexity index is 840. The summed E-state index contributed by atoms with van der Waals surface area (Å²) in [4.78, 5) is 12.7. The third kappa shape index (κ3) is 6.03. The molecule has 0 spiro atoms. The minimum absolute atomic E-state index is 0.109. The summed E-state index contributed by atoms with van der Waals surface area (Å²) in [5.41, 5.74) is 1.70. The number of halogens is 1. The number of methoxy groups -OCH3 is 2. The fourth-order valence-electron chi connectivity index (χ4n) is 2.97. The Balaban J connectivity index is 2.15. The smallest absolute Gasteiger partial charge is 0.224 e. The molecule has 1 unspecified atom stereocenters. The quantitative estimate of drug-likeness (QED) is 0.551. The van der Waals surface area contributed by atoms with Gasteiger partial charge in [-0.25, -0.2) is 0 Å². The highest BCUT2D eigenvalue weighted by Gasteiger charge is 2.17. The lowest BCUT2D eigenvalue weighted by Crippen LogP contribution is -2.28. The Morgan fingerprint density at radius 1 is 1.00 bits per heavy atom. The highest BCUT2D eigenvalue weighted by Crippen LogP contribution is 2.34. The lowest BCUT2D eigenvalue weighted by Gasteiger charge is -2.19. The van der Waals surface area contributed by atoms with Gasteiger partial charge in [0, 0.05) is 16.1 Å². The van der Waals surface area contributed by atoms with Crippen molar-refractivity contribution in [3.63, 3.8) is 0 Å². The number of nitrogens with one attached hydrogen (secondary N) is 1. The molecule has 7 heteroatoms. The second kappa shape index (κ2) is 11.0. The van der Waals surface area contributed by atoms with Gasteiger partial charge in [0.25, 0.3) is 0 Å². The molecule has 1 amide bonds. The number of rotatable bonds is 10. The fourth-order valence-corrected chi connectivity index (χ4v) is 3.43. The van der Waals surface area contributed by atoms with E-state index in [1.165, 1.54) is 0 Å². The van der Waals surface area contributed by atoms with E-state index < -0.39 is 0 Å². The molecule has 1 atom stereocenters. The lowest BCUT2D eigenvalue weighted by atomic mass is 10.1. The van der Waals surface area contributed by atoms with E-state index in [4.69, 9.17) is 18.9 Å². The van der Waals surface area contributed by atoms with E-state index in [1.54, 1.807) is 20.3 Å². The Kier molecular flexibility index (Phi) is 8.64. The Labute approximate surface area is 180 Å². The average Bonchev–Trinajstić information content (AvgIpc) is 2.70. The zero-order chi connectivity index (χ0) is 21.4. The van der Waals surface area contributed by atoms with E-state index in [1.807, 2.05) is 45.0 Å². The van der Waals surface area contributed by atoms with Crippen molar-refractivity contribution in [1.29, 1.82) is 0 Å². The van der Waals surface area contributed by atoms with Crippen molar-refractivity contribution in [2.75, 3.05) is 27.4 Å². The highest BCUT2D eigenvalue weighted by atomic mass is 79.9. The number of hydrogen-bond donors (Lipinski definition) is 1. The van der Waals surface area contributed by atoms with Gasteiger partial charge in [-0.05, 0) is 50.6 Å². The van der Waals surface area contributed by atoms with Gasteiger partial charge in [0.15, 0.2) is 11.5 Å². The molecule has 6 nitrogen and oxygen atoms in total. The normalized spacial score (nSPS) is 11.5. The van der Waals surface area contributed by atoms with Crippen LogP contribution in [-0.4, -0.2) is 33.3 Å². The van der Waals surface area contributed by atoms with Crippen LogP contribution in [0.5, 0.6) is 23.0 Å². The molecule has 0 bridgehead atoms. The largest absolute Gasteiger partial charge is 0.497 e. The average molecular weight is 466 g/mol. The van der Waals surface area contributed by atoms with Crippen LogP contribution in [0.2, 0.25) is 0 Å². The first kappa shape index (κ1) is 22.9. The maximum Gasteiger partial charge on any atom is 0.224 e. The van der Waals surface area contributed by atoms with Gasteiger partial charge in [0.1, 0.15) is 11.5 Å². The molecule has 1 N–H and O–H groups in total. The minimum Gasteiger partial charge on any atom is -0.497 e. The van der Waals surface area contributed by atoms with Gasteiger partial charge >= 0.3 is 0 Å². The second-order valence-electron chi connectivity index (χ2n) is 6.33. The Morgan fingerprint density at radius 3 is 2.24 bits per heavy atom. The van der Waals surface area contributed by atoms with Crippen LogP contribution < -0.4 is 24.3 Å². The zero-order valence-corrected chi connectivity index (χ0v) is 19.1. The summed E-state index contributed by atoms with van der Waals surface area (Å²) in [6.07, 6.45) is 0.204. The molecule has 0 heterocycles. The minimum atomic E-state index is -0.226. The summed E-state index contributed by atoms with van der Waals surface area (Å²) < 4.78 is 22.7. The number of ether oxygens (including phenoxy) is 4. The van der Waals surface area contributed by atoms with Crippen molar-refractivity contribution < 1.29 is 23.7 Å². The van der Waals surface area contributed by atoms with Crippen molar-refractivity contribution in [2.24, 2.45) is 0 Å². The Morgan fingerprint density at radius 2 is 1.66 bits per heavy atom. The van der Waals surface area contributed by atoms with Crippen LogP contribution in [0.3, 0.4) is 0 Å². The summed E-state index contributed by atoms with van der Waals surface area (Å²) in [5.74, 6) is 2.54. The topological polar surface area (TPSA) is 66.0 Å². The summed E-state index contributed by atoms with van der Waals surface area (Å²) in [5, 5.41) is 3.02. The molecule has 0 saturated carbocycles. The number of hydrogen-bond acceptors (Lipinski definition) is 5. The van der Waals surface area contributed by atoms with Gasteiger partial charge in [0.05, 0.1) is 39.9 Å². The Hall–Kier alpha value is -2.41. The molecular weight excluding hydrogens is 438 g/mol. The van der Waals surface area contributed by atoms with Crippen molar-refractivity contribution in [2.45, 2.75) is 33.2 Å². The molecule has 0 radical (unpaired) electrons. The van der Waals surface area contributed by atoms with E-state index in [0.29, 0.717) is 36.2 Å². The molecule has 0 fully saturated rings. The second-order valence-corrected chi connectivity index (χ2v) is 7.18. The predicted molar refractivity (Wildman–Crippen MR) is 116 cm³/mol. The zero-order valence-electron chi connectivity index (χ0n) is 17.5. The third-order valence-electron chi connectivity index (χ3n) is 4.35. The summed E-state index contributed by atoms with van der Waals surface area (Å²) in [7, 11) is 3.20. The van der Waals surface area contributed by atoms with Crippen molar-refractivity contribution >= 4 is 21.8 Å². The molecule has 0 aliphatic rings. The highest BCUT2D eigenvalue weighted by molar-refractivity contribution is 9.10. The van der Waals surface area contributed by atoms with Gasteiger partial charge in [-0.1, -0.05) is 15.9 Å². The van der Waals surface area contributed by atoms with Crippen molar-refractivity contribution in [1.82, 2.24) is 5.32 Å². The standard InChI is InChI=1S/C22H28BrNO5/c1-6-28-20-10-15(18(23)13-21(20)29-7-2)11-22(25)24-14(3)17-9-8-16(26-4)12-19(17)27-5/h8-10,12-14H,6-7,11H2,1-5H3,(H,24,25). The molecule has 0 saturated heterocycles. The maximum absolute atomic E-state index is 12.7. The van der Waals surface area contributed by atoms with Crippen LogP contribution in [0.25, 0.3) is 0 Å². The maximum atomic E-state index is 12.7. The number of amides is 1. The molecule has 2 aromatic carbocycles. The van der Waals surface area contributed by atoms with E-state index in [9.17, 15) is 4.79 Å². The molecule has 0 aliphatic carbocycles. The first-order chi connectivity index (χ1) is 13.9. The van der Waals surface area contributed by atoms with Crippen LogP contribution in [-0.2, 0) is 11.2 Å². The van der Waals surface area contributed by atoms with Gasteiger partial charge in [-0.3, -0.25) is 4.79 Å². The number of carbonyl (C=O) groups is 1. The first-order valence-corrected chi connectivity index (χ1v) is 10.3. The van der Waals surface area contributed by atoms with E-state index in [-0.39, 0.29) is 18.4 Å². The molecular formula is C22H28BrNO5. The predicted octanol–water partition coefficient (Wildman–Crippen LogP) is 4.68. The van der Waals surface area contributed by atoms with Crippen LogP contribution in [0.4, 0.5) is 0 Å². The van der Waals surface area contributed by atoms with Crippen molar-refractivity contribution in [3.05, 3.63) is 45.9 Å². The van der Waals surface area contributed by atoms with E-state index in [2.05, 4.69) is 21.2 Å². The summed E-state index contributed by atoms with van der Waals surface area (Å²) >= 11 is 3.53. The van der Waals surface area contributed by atoms with Gasteiger partial charge in [-0.2, -0.15) is 0 Å². The number of carbonyl (C=O) groups excluding carboxylic acids is 1. The third-order valence-corrected chi connectivity index (χ3v) is 5.09. The van der Waals surface area contributed by atoms with Gasteiger partial charge < -0.3 is 24.3 Å². The lowest BCUT2D eigenvalue weighted by molar-refractivity contribution is -0.121. The van der Waals surface area contributed by atoms with Crippen LogP contribution in [0.1, 0.15) is 37.9 Å². The first-order valence-electron chi connectivity index (χ1n) is 9.52. The number of benzene rings is 2. The van der Waals surface area contributed by atoms with E-state index in [0.717, 1.165) is 15.6 Å². The summed E-state index contributed by atoms with van der Waals surface area (Å²) in [6, 6.07) is 9.00. The summed E-state index contributed by atoms with van der Waals surface area (Å²) in [6.45, 7) is 6.80. The van der Waals surface area contributed by atoms with Crippen LogP contribution >= 0.6 is 15.9 Å². The molecule has 158 valence electrons. The van der Waals surface area contributed by atoms with Crippen LogP contribution in [0, 0.1) is 0 Å². The van der Waals surface area contributed by atoms with Gasteiger partial charge in [-0.15, -0.1) is 0 Å². The van der Waals surface area contributed by atoms with Crippen LogP contribution in [0.15, 0.2) is 34.8 Å². The molecule has 29 heavy (non-hydrogen) atoms.